The quantitative estimate of drug-likeness (QED) is 0.485. The molecule has 1 aromatic carbocycles. The van der Waals surface area contributed by atoms with Crippen molar-refractivity contribution >= 4 is 23.6 Å². The maximum absolute atomic E-state index is 14.2. The normalized spacial score (nSPS) is 18.1. The van der Waals surface area contributed by atoms with Crippen LogP contribution in [0.15, 0.2) is 41.5 Å². The number of hydrogen-bond donors (Lipinski definition) is 0. The lowest BCUT2D eigenvalue weighted by molar-refractivity contribution is 0.0299. The summed E-state index contributed by atoms with van der Waals surface area (Å²) in [6.07, 6.45) is 1.53. The first-order valence-electron chi connectivity index (χ1n) is 13.2. The van der Waals surface area contributed by atoms with Gasteiger partial charge in [-0.2, -0.15) is 0 Å². The van der Waals surface area contributed by atoms with Gasteiger partial charge in [0.25, 0.3) is 11.8 Å². The SMILES string of the molecule is CCN1C(=O)c2nc(-c3ccnc(C(=O)N4CCOCC4)c3)n(Cc3ccc(F)c(F)c3)c2N2CC(C)(C)N=C12. The van der Waals surface area contributed by atoms with E-state index in [2.05, 4.69) is 4.98 Å². The standard InChI is InChI=1S/C28H29F2N7O3/c1-4-35-26(39)22-24(37-16-28(2,3)33-27(35)37)36(15-17-5-6-19(29)20(30)13-17)23(32-22)18-7-8-31-21(14-18)25(38)34-9-11-40-12-10-34/h5-8,13-14H,4,9-12,15-16H2,1-3H3. The number of pyridine rings is 1. The Morgan fingerprint density at radius 1 is 1.10 bits per heavy atom. The molecule has 1 fully saturated rings. The summed E-state index contributed by atoms with van der Waals surface area (Å²) >= 11 is 0. The van der Waals surface area contributed by atoms with Crippen LogP contribution in [0, 0.1) is 11.6 Å². The van der Waals surface area contributed by atoms with Gasteiger partial charge in [0.15, 0.2) is 17.3 Å². The number of rotatable bonds is 5. The lowest BCUT2D eigenvalue weighted by Gasteiger charge is -2.34. The zero-order valence-electron chi connectivity index (χ0n) is 22.5. The van der Waals surface area contributed by atoms with Crippen LogP contribution < -0.4 is 4.90 Å². The molecule has 0 saturated carbocycles. The summed E-state index contributed by atoms with van der Waals surface area (Å²) in [6.45, 7) is 8.72. The van der Waals surface area contributed by atoms with Crippen LogP contribution in [-0.4, -0.2) is 87.0 Å². The van der Waals surface area contributed by atoms with Crippen LogP contribution >= 0.6 is 0 Å². The molecule has 1 saturated heterocycles. The summed E-state index contributed by atoms with van der Waals surface area (Å²) in [5.41, 5.74) is 1.06. The molecule has 2 aromatic heterocycles. The Balaban J connectivity index is 1.50. The van der Waals surface area contributed by atoms with Gasteiger partial charge in [0.2, 0.25) is 5.96 Å². The number of amides is 2. The molecule has 208 valence electrons. The number of guanidine groups is 1. The summed E-state index contributed by atoms with van der Waals surface area (Å²) < 4.78 is 35.1. The first-order chi connectivity index (χ1) is 19.2. The third kappa shape index (κ3) is 4.41. The molecule has 6 rings (SSSR count). The summed E-state index contributed by atoms with van der Waals surface area (Å²) in [7, 11) is 0. The number of aromatic nitrogens is 3. The summed E-state index contributed by atoms with van der Waals surface area (Å²) in [6, 6.07) is 7.09. The minimum absolute atomic E-state index is 0.105. The average molecular weight is 550 g/mol. The molecule has 3 aliphatic heterocycles. The maximum atomic E-state index is 14.2. The number of hydrogen-bond acceptors (Lipinski definition) is 7. The number of morpholine rings is 1. The molecule has 0 bridgehead atoms. The summed E-state index contributed by atoms with van der Waals surface area (Å²) in [4.78, 5) is 46.0. The van der Waals surface area contributed by atoms with E-state index in [0.717, 1.165) is 12.1 Å². The number of ether oxygens (including phenoxy) is 1. The highest BCUT2D eigenvalue weighted by molar-refractivity contribution is 6.18. The number of fused-ring (bicyclic) bond motifs is 3. The summed E-state index contributed by atoms with van der Waals surface area (Å²) in [5, 5.41) is 0. The van der Waals surface area contributed by atoms with Crippen LogP contribution in [0.2, 0.25) is 0 Å². The van der Waals surface area contributed by atoms with E-state index in [1.807, 2.05) is 30.2 Å². The van der Waals surface area contributed by atoms with Crippen molar-refractivity contribution in [2.45, 2.75) is 32.9 Å². The third-order valence-corrected chi connectivity index (χ3v) is 7.25. The van der Waals surface area contributed by atoms with Gasteiger partial charge in [0.05, 0.1) is 31.8 Å². The number of nitrogens with zero attached hydrogens (tertiary/aromatic N) is 7. The van der Waals surface area contributed by atoms with Crippen LogP contribution in [0.1, 0.15) is 47.3 Å². The number of halogens is 2. The van der Waals surface area contributed by atoms with Gasteiger partial charge in [-0.25, -0.2) is 18.8 Å². The monoisotopic (exact) mass is 549 g/mol. The molecule has 12 heteroatoms. The molecule has 3 aromatic rings. The molecular formula is C28H29F2N7O3. The second-order valence-corrected chi connectivity index (χ2v) is 10.6. The van der Waals surface area contributed by atoms with Gasteiger partial charge < -0.3 is 14.2 Å². The highest BCUT2D eigenvalue weighted by Gasteiger charge is 2.45. The van der Waals surface area contributed by atoms with Gasteiger partial charge in [-0.3, -0.25) is 24.4 Å². The maximum Gasteiger partial charge on any atom is 0.283 e. The molecule has 0 atom stereocenters. The van der Waals surface area contributed by atoms with Crippen molar-refractivity contribution in [3.8, 4) is 11.4 Å². The van der Waals surface area contributed by atoms with Crippen LogP contribution in [0.4, 0.5) is 14.6 Å². The number of imidazole rings is 1. The van der Waals surface area contributed by atoms with Crippen molar-refractivity contribution in [1.82, 2.24) is 24.3 Å². The van der Waals surface area contributed by atoms with Gasteiger partial charge in [-0.1, -0.05) is 6.07 Å². The Kier molecular flexibility index (Phi) is 6.37. The minimum atomic E-state index is -0.965. The predicted octanol–water partition coefficient (Wildman–Crippen LogP) is 3.17. The molecule has 5 heterocycles. The van der Waals surface area contributed by atoms with E-state index in [9.17, 15) is 18.4 Å². The lowest BCUT2D eigenvalue weighted by Crippen LogP contribution is -2.51. The van der Waals surface area contributed by atoms with E-state index >= 15 is 0 Å². The Morgan fingerprint density at radius 2 is 1.88 bits per heavy atom. The fourth-order valence-electron chi connectivity index (χ4n) is 5.37. The van der Waals surface area contributed by atoms with E-state index in [1.165, 1.54) is 12.3 Å². The molecule has 0 radical (unpaired) electrons. The van der Waals surface area contributed by atoms with Crippen molar-refractivity contribution in [2.75, 3.05) is 44.3 Å². The smallest absolute Gasteiger partial charge is 0.283 e. The molecule has 0 spiro atoms. The molecule has 0 unspecified atom stereocenters. The van der Waals surface area contributed by atoms with Crippen LogP contribution in [-0.2, 0) is 11.3 Å². The molecule has 0 N–H and O–H groups in total. The zero-order chi connectivity index (χ0) is 28.2. The van der Waals surface area contributed by atoms with Crippen molar-refractivity contribution in [3.63, 3.8) is 0 Å². The first kappa shape index (κ1) is 26.1. The predicted molar refractivity (Wildman–Crippen MR) is 143 cm³/mol. The molecule has 40 heavy (non-hydrogen) atoms. The fourth-order valence-corrected chi connectivity index (χ4v) is 5.37. The summed E-state index contributed by atoms with van der Waals surface area (Å²) in [5.74, 6) is -0.970. The molecule has 0 aliphatic carbocycles. The highest BCUT2D eigenvalue weighted by Crippen LogP contribution is 2.38. The highest BCUT2D eigenvalue weighted by atomic mass is 19.2. The topological polar surface area (TPSA) is 96.2 Å². The Labute approximate surface area is 229 Å². The van der Waals surface area contributed by atoms with Gasteiger partial charge in [0, 0.05) is 31.4 Å². The number of anilines is 1. The van der Waals surface area contributed by atoms with E-state index in [4.69, 9.17) is 14.7 Å². The van der Waals surface area contributed by atoms with Crippen LogP contribution in [0.25, 0.3) is 11.4 Å². The third-order valence-electron chi connectivity index (χ3n) is 7.25. The van der Waals surface area contributed by atoms with Gasteiger partial charge in [0.1, 0.15) is 17.3 Å². The van der Waals surface area contributed by atoms with Gasteiger partial charge in [-0.15, -0.1) is 0 Å². The van der Waals surface area contributed by atoms with E-state index in [0.29, 0.717) is 68.1 Å². The zero-order valence-corrected chi connectivity index (χ0v) is 22.5. The van der Waals surface area contributed by atoms with E-state index in [-0.39, 0.29) is 29.7 Å². The molecular weight excluding hydrogens is 520 g/mol. The number of benzene rings is 1. The number of carbonyl (C=O) groups is 2. The van der Waals surface area contributed by atoms with Crippen LogP contribution in [0.5, 0.6) is 0 Å². The van der Waals surface area contributed by atoms with Gasteiger partial charge >= 0.3 is 0 Å². The Bertz CT molecular complexity index is 1540. The van der Waals surface area contributed by atoms with Crippen molar-refractivity contribution < 1.29 is 23.1 Å². The number of aliphatic imine (C=N–C) groups is 1. The second-order valence-electron chi connectivity index (χ2n) is 10.6. The first-order valence-corrected chi connectivity index (χ1v) is 13.2. The van der Waals surface area contributed by atoms with E-state index < -0.39 is 17.2 Å². The minimum Gasteiger partial charge on any atom is -0.378 e. The van der Waals surface area contributed by atoms with Crippen molar-refractivity contribution in [1.29, 1.82) is 0 Å². The lowest BCUT2D eigenvalue weighted by atomic mass is 10.1. The Hall–Kier alpha value is -4.19. The van der Waals surface area contributed by atoms with E-state index in [1.54, 1.807) is 21.9 Å². The van der Waals surface area contributed by atoms with Crippen molar-refractivity contribution in [2.24, 2.45) is 4.99 Å². The average Bonchev–Trinajstić information content (AvgIpc) is 3.48. The molecule has 10 nitrogen and oxygen atoms in total. The molecule has 3 aliphatic rings. The van der Waals surface area contributed by atoms with Crippen molar-refractivity contribution in [3.05, 3.63) is 65.1 Å². The molecule has 2 amide bonds. The fraction of sp³-hybridized carbons (Fsp3) is 0.393. The van der Waals surface area contributed by atoms with Gasteiger partial charge in [-0.05, 0) is 50.6 Å². The van der Waals surface area contributed by atoms with Crippen LogP contribution in [0.3, 0.4) is 0 Å². The number of carbonyl (C=O) groups excluding carboxylic acids is 2. The Morgan fingerprint density at radius 3 is 2.60 bits per heavy atom. The largest absolute Gasteiger partial charge is 0.378 e. The second kappa shape index (κ2) is 9.77.